The molecule has 0 bridgehead atoms. The van der Waals surface area contributed by atoms with Crippen molar-refractivity contribution in [2.24, 2.45) is 0 Å². The molecular weight excluding hydrogens is 182 g/mol. The molecule has 0 unspecified atom stereocenters. The molecule has 0 saturated carbocycles. The van der Waals surface area contributed by atoms with Crippen LogP contribution < -0.4 is 0 Å². The van der Waals surface area contributed by atoms with Gasteiger partial charge in [-0.05, 0) is 6.07 Å². The smallest absolute Gasteiger partial charge is 0.354 e. The minimum Gasteiger partial charge on any atom is -0.477 e. The molecule has 1 aromatic rings. The second-order valence-electron chi connectivity index (χ2n) is 2.62. The van der Waals surface area contributed by atoms with Crippen molar-refractivity contribution in [1.82, 2.24) is 4.98 Å². The van der Waals surface area contributed by atoms with Crippen LogP contribution in [0.15, 0.2) is 31.0 Å². The van der Waals surface area contributed by atoms with Gasteiger partial charge in [0, 0.05) is 11.8 Å². The van der Waals surface area contributed by atoms with E-state index in [1.54, 1.807) is 18.2 Å². The lowest BCUT2D eigenvalue weighted by Gasteiger charge is -2.04. The van der Waals surface area contributed by atoms with Crippen molar-refractivity contribution in [3.63, 3.8) is 0 Å². The normalized spacial score (nSPS) is 9.71. The molecule has 0 aromatic carbocycles. The third kappa shape index (κ3) is 2.67. The van der Waals surface area contributed by atoms with Crippen molar-refractivity contribution in [2.75, 3.05) is 6.61 Å². The lowest BCUT2D eigenvalue weighted by molar-refractivity contribution is 0.0683. The molecule has 4 heteroatoms. The second kappa shape index (κ2) is 5.14. The summed E-state index contributed by atoms with van der Waals surface area (Å²) in [5.41, 5.74) is 0.610. The molecule has 1 aromatic heterocycles. The number of aromatic nitrogens is 1. The number of ether oxygens (including phenoxy) is 1. The van der Waals surface area contributed by atoms with Crippen LogP contribution in [0.3, 0.4) is 0 Å². The lowest BCUT2D eigenvalue weighted by atomic mass is 10.2. The molecule has 0 radical (unpaired) electrons. The summed E-state index contributed by atoms with van der Waals surface area (Å²) >= 11 is 0. The first-order valence-electron chi connectivity index (χ1n) is 4.11. The number of rotatable bonds is 5. The Hall–Kier alpha value is -1.68. The highest BCUT2D eigenvalue weighted by Gasteiger charge is 2.09. The Labute approximate surface area is 81.9 Å². The molecule has 0 aliphatic rings. The number of pyridine rings is 1. The summed E-state index contributed by atoms with van der Waals surface area (Å²) in [5.74, 6) is -1.04. The summed E-state index contributed by atoms with van der Waals surface area (Å²) in [4.78, 5) is 14.5. The van der Waals surface area contributed by atoms with E-state index in [4.69, 9.17) is 9.84 Å². The van der Waals surface area contributed by atoms with Crippen LogP contribution in [0.1, 0.15) is 16.1 Å². The van der Waals surface area contributed by atoms with Crippen LogP contribution >= 0.6 is 0 Å². The molecule has 74 valence electrons. The molecule has 0 aliphatic heterocycles. The predicted octanol–water partition coefficient (Wildman–Crippen LogP) is 1.48. The minimum atomic E-state index is -1.04. The fourth-order valence-electron chi connectivity index (χ4n) is 1.000. The van der Waals surface area contributed by atoms with Crippen LogP contribution in [0, 0.1) is 0 Å². The van der Waals surface area contributed by atoms with E-state index in [-0.39, 0.29) is 12.3 Å². The van der Waals surface area contributed by atoms with Gasteiger partial charge in [0.05, 0.1) is 13.2 Å². The minimum absolute atomic E-state index is 0.0385. The molecule has 0 amide bonds. The van der Waals surface area contributed by atoms with Gasteiger partial charge in [-0.25, -0.2) is 9.78 Å². The maximum atomic E-state index is 10.7. The first-order valence-corrected chi connectivity index (χ1v) is 4.11. The van der Waals surface area contributed by atoms with E-state index in [0.717, 1.165) is 0 Å². The van der Waals surface area contributed by atoms with Crippen LogP contribution in [-0.4, -0.2) is 22.7 Å². The molecule has 0 spiro atoms. The fraction of sp³-hybridized carbons (Fsp3) is 0.200. The summed E-state index contributed by atoms with van der Waals surface area (Å²) in [5, 5.41) is 8.78. The first kappa shape index (κ1) is 10.4. The first-order chi connectivity index (χ1) is 6.75. The van der Waals surface area contributed by atoms with Crippen LogP contribution in [0.2, 0.25) is 0 Å². The van der Waals surface area contributed by atoms with Crippen molar-refractivity contribution in [3.05, 3.63) is 42.2 Å². The highest BCUT2D eigenvalue weighted by atomic mass is 16.5. The third-order valence-corrected chi connectivity index (χ3v) is 1.59. The zero-order valence-corrected chi connectivity index (χ0v) is 7.64. The van der Waals surface area contributed by atoms with Gasteiger partial charge in [0.2, 0.25) is 0 Å². The Morgan fingerprint density at radius 1 is 1.71 bits per heavy atom. The average molecular weight is 193 g/mol. The Balaban J connectivity index is 2.74. The van der Waals surface area contributed by atoms with Gasteiger partial charge < -0.3 is 9.84 Å². The number of carboxylic acid groups (broad SMARTS) is 1. The molecule has 1 N–H and O–H groups in total. The number of carboxylic acids is 1. The zero-order valence-electron chi connectivity index (χ0n) is 7.64. The second-order valence-corrected chi connectivity index (χ2v) is 2.62. The van der Waals surface area contributed by atoms with Crippen LogP contribution in [0.4, 0.5) is 0 Å². The highest BCUT2D eigenvalue weighted by molar-refractivity contribution is 5.86. The van der Waals surface area contributed by atoms with Crippen molar-refractivity contribution < 1.29 is 14.6 Å². The Bertz CT molecular complexity index is 336. The van der Waals surface area contributed by atoms with Gasteiger partial charge >= 0.3 is 5.97 Å². The number of hydrogen-bond acceptors (Lipinski definition) is 3. The van der Waals surface area contributed by atoms with Gasteiger partial charge in [0.1, 0.15) is 0 Å². The van der Waals surface area contributed by atoms with Crippen molar-refractivity contribution in [3.8, 4) is 0 Å². The average Bonchev–Trinajstić information content (AvgIpc) is 2.19. The molecule has 0 atom stereocenters. The maximum absolute atomic E-state index is 10.7. The number of carbonyl (C=O) groups is 1. The summed E-state index contributed by atoms with van der Waals surface area (Å²) in [6.45, 7) is 4.13. The van der Waals surface area contributed by atoms with Crippen LogP contribution in [0.25, 0.3) is 0 Å². The van der Waals surface area contributed by atoms with Crippen molar-refractivity contribution in [2.45, 2.75) is 6.61 Å². The molecular formula is C10H11NO3. The zero-order chi connectivity index (χ0) is 10.4. The Morgan fingerprint density at radius 2 is 2.50 bits per heavy atom. The van der Waals surface area contributed by atoms with Crippen molar-refractivity contribution in [1.29, 1.82) is 0 Å². The van der Waals surface area contributed by atoms with Gasteiger partial charge in [-0.15, -0.1) is 6.58 Å². The number of hydrogen-bond donors (Lipinski definition) is 1. The SMILES string of the molecule is C=CCOCc1cccnc1C(=O)O. The fourth-order valence-corrected chi connectivity index (χ4v) is 1.000. The van der Waals surface area contributed by atoms with E-state index in [2.05, 4.69) is 11.6 Å². The molecule has 14 heavy (non-hydrogen) atoms. The van der Waals surface area contributed by atoms with Gasteiger partial charge in [0.15, 0.2) is 5.69 Å². The van der Waals surface area contributed by atoms with E-state index >= 15 is 0 Å². The Kier molecular flexibility index (Phi) is 3.82. The van der Waals surface area contributed by atoms with Crippen LogP contribution in [-0.2, 0) is 11.3 Å². The highest BCUT2D eigenvalue weighted by Crippen LogP contribution is 2.06. The topological polar surface area (TPSA) is 59.4 Å². The van der Waals surface area contributed by atoms with Crippen LogP contribution in [0.5, 0.6) is 0 Å². The summed E-state index contributed by atoms with van der Waals surface area (Å²) in [6.07, 6.45) is 3.05. The molecule has 4 nitrogen and oxygen atoms in total. The van der Waals surface area contributed by atoms with Crippen molar-refractivity contribution >= 4 is 5.97 Å². The van der Waals surface area contributed by atoms with Gasteiger partial charge in [-0.3, -0.25) is 0 Å². The molecule has 1 heterocycles. The van der Waals surface area contributed by atoms with E-state index < -0.39 is 5.97 Å². The summed E-state index contributed by atoms with van der Waals surface area (Å²) < 4.78 is 5.14. The standard InChI is InChI=1S/C10H11NO3/c1-2-6-14-7-8-4-3-5-11-9(8)10(12)13/h2-5H,1,6-7H2,(H,12,13). The van der Waals surface area contributed by atoms with Gasteiger partial charge in [-0.1, -0.05) is 12.1 Å². The third-order valence-electron chi connectivity index (χ3n) is 1.59. The monoisotopic (exact) mass is 193 g/mol. The number of aromatic carboxylic acids is 1. The molecule has 1 rings (SSSR count). The Morgan fingerprint density at radius 3 is 3.14 bits per heavy atom. The number of nitrogens with zero attached hydrogens (tertiary/aromatic N) is 1. The van der Waals surface area contributed by atoms with E-state index in [1.165, 1.54) is 6.20 Å². The lowest BCUT2D eigenvalue weighted by Crippen LogP contribution is -2.06. The van der Waals surface area contributed by atoms with E-state index in [9.17, 15) is 4.79 Å². The largest absolute Gasteiger partial charge is 0.477 e. The predicted molar refractivity (Wildman–Crippen MR) is 51.0 cm³/mol. The summed E-state index contributed by atoms with van der Waals surface area (Å²) in [6, 6.07) is 3.36. The van der Waals surface area contributed by atoms with Gasteiger partial charge in [-0.2, -0.15) is 0 Å². The van der Waals surface area contributed by atoms with E-state index in [0.29, 0.717) is 12.2 Å². The molecule has 0 saturated heterocycles. The molecule has 0 aliphatic carbocycles. The van der Waals surface area contributed by atoms with E-state index in [1.807, 2.05) is 0 Å². The van der Waals surface area contributed by atoms with Gasteiger partial charge in [0.25, 0.3) is 0 Å². The maximum Gasteiger partial charge on any atom is 0.354 e. The molecule has 0 fully saturated rings. The quantitative estimate of drug-likeness (QED) is 0.568. The summed E-state index contributed by atoms with van der Waals surface area (Å²) in [7, 11) is 0.